The second-order valence-electron chi connectivity index (χ2n) is 5.97. The van der Waals surface area contributed by atoms with Crippen LogP contribution in [0.1, 0.15) is 58.7 Å². The van der Waals surface area contributed by atoms with E-state index in [0.29, 0.717) is 11.7 Å². The van der Waals surface area contributed by atoms with E-state index in [0.717, 1.165) is 42.3 Å². The van der Waals surface area contributed by atoms with Crippen molar-refractivity contribution in [1.82, 2.24) is 30.6 Å². The molecule has 0 saturated carbocycles. The summed E-state index contributed by atoms with van der Waals surface area (Å²) in [4.78, 5) is 16.9. The summed E-state index contributed by atoms with van der Waals surface area (Å²) in [6.07, 6.45) is 2.03. The third kappa shape index (κ3) is 3.42. The van der Waals surface area contributed by atoms with Crippen LogP contribution in [0.3, 0.4) is 0 Å². The average Bonchev–Trinajstić information content (AvgIpc) is 3.14. The van der Waals surface area contributed by atoms with Gasteiger partial charge in [0, 0.05) is 11.1 Å². The van der Waals surface area contributed by atoms with E-state index >= 15 is 0 Å². The lowest BCUT2D eigenvalue weighted by Crippen LogP contribution is -2.31. The average molecular weight is 334 g/mol. The van der Waals surface area contributed by atoms with Crippen LogP contribution in [-0.4, -0.2) is 39.0 Å². The summed E-state index contributed by atoms with van der Waals surface area (Å²) in [5, 5.41) is 17.5. The van der Waals surface area contributed by atoms with Crippen molar-refractivity contribution in [1.29, 1.82) is 0 Å². The molecule has 2 aromatic heterocycles. The number of aryl methyl sites for hydroxylation is 1. The first-order valence-corrected chi connectivity index (χ1v) is 8.79. The lowest BCUT2D eigenvalue weighted by molar-refractivity contribution is 0.0934. The molecule has 1 aliphatic rings. The number of carbonyl (C=O) groups excluding carboxylic acids is 1. The fraction of sp³-hybridized carbons (Fsp3) is 0.600. The molecule has 7 nitrogen and oxygen atoms in total. The zero-order chi connectivity index (χ0) is 16.4. The minimum absolute atomic E-state index is 0.135. The summed E-state index contributed by atoms with van der Waals surface area (Å²) >= 11 is 1.55. The van der Waals surface area contributed by atoms with Gasteiger partial charge in [0.1, 0.15) is 5.01 Å². The highest BCUT2D eigenvalue weighted by molar-refractivity contribution is 7.09. The van der Waals surface area contributed by atoms with Crippen molar-refractivity contribution in [2.24, 2.45) is 0 Å². The standard InChI is InChI=1S/C15H22N6OS/c1-9-8-23-15(17-9)10(2)18-14(22)13-11(3)21(20-19-13)12-4-6-16-7-5-12/h8,10,12,16H,4-7H2,1-3H3,(H,18,22). The second kappa shape index (κ2) is 6.76. The normalized spacial score (nSPS) is 17.2. The van der Waals surface area contributed by atoms with E-state index in [1.807, 2.05) is 30.8 Å². The second-order valence-corrected chi connectivity index (χ2v) is 6.86. The predicted octanol–water partition coefficient (Wildman–Crippen LogP) is 1.77. The van der Waals surface area contributed by atoms with Crippen molar-refractivity contribution in [3.8, 4) is 0 Å². The first kappa shape index (κ1) is 16.1. The first-order chi connectivity index (χ1) is 11.1. The molecule has 2 N–H and O–H groups in total. The summed E-state index contributed by atoms with van der Waals surface area (Å²) in [5.41, 5.74) is 2.21. The lowest BCUT2D eigenvalue weighted by Gasteiger charge is -2.23. The van der Waals surface area contributed by atoms with Crippen molar-refractivity contribution in [2.75, 3.05) is 13.1 Å². The minimum Gasteiger partial charge on any atom is -0.342 e. The Balaban J connectivity index is 1.71. The molecule has 0 bridgehead atoms. The van der Waals surface area contributed by atoms with Crippen LogP contribution in [0.15, 0.2) is 5.38 Å². The molecule has 0 spiro atoms. The zero-order valence-corrected chi connectivity index (χ0v) is 14.5. The Bertz CT molecular complexity index is 688. The van der Waals surface area contributed by atoms with Gasteiger partial charge in [-0.3, -0.25) is 4.79 Å². The number of nitrogens with one attached hydrogen (secondary N) is 2. The number of thiazole rings is 1. The molecule has 0 radical (unpaired) electrons. The molecular formula is C15H22N6OS. The number of nitrogens with zero attached hydrogens (tertiary/aromatic N) is 4. The van der Waals surface area contributed by atoms with Gasteiger partial charge in [-0.15, -0.1) is 16.4 Å². The van der Waals surface area contributed by atoms with Gasteiger partial charge in [0.05, 0.1) is 17.8 Å². The van der Waals surface area contributed by atoms with Crippen LogP contribution in [0.2, 0.25) is 0 Å². The highest BCUT2D eigenvalue weighted by atomic mass is 32.1. The monoisotopic (exact) mass is 334 g/mol. The number of piperidine rings is 1. The van der Waals surface area contributed by atoms with Crippen LogP contribution < -0.4 is 10.6 Å². The Morgan fingerprint density at radius 1 is 1.43 bits per heavy atom. The number of hydrogen-bond donors (Lipinski definition) is 2. The molecule has 0 aromatic carbocycles. The van der Waals surface area contributed by atoms with E-state index in [9.17, 15) is 4.79 Å². The van der Waals surface area contributed by atoms with Crippen molar-refractivity contribution >= 4 is 17.2 Å². The van der Waals surface area contributed by atoms with Crippen molar-refractivity contribution in [3.63, 3.8) is 0 Å². The molecule has 1 amide bonds. The van der Waals surface area contributed by atoms with Crippen molar-refractivity contribution in [2.45, 2.75) is 45.7 Å². The smallest absolute Gasteiger partial charge is 0.274 e. The molecule has 8 heteroatoms. The molecular weight excluding hydrogens is 312 g/mol. The van der Waals surface area contributed by atoms with E-state index in [1.54, 1.807) is 11.3 Å². The molecule has 1 unspecified atom stereocenters. The molecule has 0 aliphatic carbocycles. The maximum absolute atomic E-state index is 12.5. The summed E-state index contributed by atoms with van der Waals surface area (Å²) in [6.45, 7) is 7.75. The predicted molar refractivity (Wildman–Crippen MR) is 88.6 cm³/mol. The lowest BCUT2D eigenvalue weighted by atomic mass is 10.1. The van der Waals surface area contributed by atoms with Crippen molar-refractivity contribution < 1.29 is 4.79 Å². The molecule has 1 fully saturated rings. The number of rotatable bonds is 4. The number of hydrogen-bond acceptors (Lipinski definition) is 6. The van der Waals surface area contributed by atoms with Gasteiger partial charge < -0.3 is 10.6 Å². The van der Waals surface area contributed by atoms with E-state index in [2.05, 4.69) is 25.9 Å². The summed E-state index contributed by atoms with van der Waals surface area (Å²) in [5.74, 6) is -0.192. The van der Waals surface area contributed by atoms with Crippen molar-refractivity contribution in [3.05, 3.63) is 27.5 Å². The van der Waals surface area contributed by atoms with Crippen LogP contribution in [-0.2, 0) is 0 Å². The fourth-order valence-corrected chi connectivity index (χ4v) is 3.65. The molecule has 3 heterocycles. The molecule has 2 aromatic rings. The highest BCUT2D eigenvalue weighted by Crippen LogP contribution is 2.21. The molecule has 1 aliphatic heterocycles. The van der Waals surface area contributed by atoms with Gasteiger partial charge in [0.25, 0.3) is 5.91 Å². The van der Waals surface area contributed by atoms with Crippen LogP contribution in [0.25, 0.3) is 0 Å². The topological polar surface area (TPSA) is 84.7 Å². The van der Waals surface area contributed by atoms with Crippen LogP contribution in [0.5, 0.6) is 0 Å². The Morgan fingerprint density at radius 2 is 2.17 bits per heavy atom. The minimum atomic E-state index is -0.192. The fourth-order valence-electron chi connectivity index (χ4n) is 2.85. The van der Waals surface area contributed by atoms with Crippen LogP contribution in [0.4, 0.5) is 0 Å². The van der Waals surface area contributed by atoms with Gasteiger partial charge in [-0.05, 0) is 46.7 Å². The zero-order valence-electron chi connectivity index (χ0n) is 13.7. The van der Waals surface area contributed by atoms with Gasteiger partial charge >= 0.3 is 0 Å². The Kier molecular flexibility index (Phi) is 4.72. The Labute approximate surface area is 139 Å². The third-order valence-corrected chi connectivity index (χ3v) is 5.30. The van der Waals surface area contributed by atoms with E-state index < -0.39 is 0 Å². The molecule has 1 atom stereocenters. The van der Waals surface area contributed by atoms with E-state index in [4.69, 9.17) is 0 Å². The quantitative estimate of drug-likeness (QED) is 0.890. The van der Waals surface area contributed by atoms with Crippen LogP contribution >= 0.6 is 11.3 Å². The first-order valence-electron chi connectivity index (χ1n) is 7.91. The van der Waals surface area contributed by atoms with Crippen LogP contribution in [0, 0.1) is 13.8 Å². The highest BCUT2D eigenvalue weighted by Gasteiger charge is 2.24. The van der Waals surface area contributed by atoms with Gasteiger partial charge in [0.2, 0.25) is 0 Å². The summed E-state index contributed by atoms with van der Waals surface area (Å²) < 4.78 is 1.90. The van der Waals surface area contributed by atoms with E-state index in [1.165, 1.54) is 0 Å². The Hall–Kier alpha value is -1.80. The molecule has 23 heavy (non-hydrogen) atoms. The number of amides is 1. The maximum atomic E-state index is 12.5. The van der Waals surface area contributed by atoms with Gasteiger partial charge in [-0.25, -0.2) is 9.67 Å². The SMILES string of the molecule is Cc1csc(C(C)NC(=O)c2nnn(C3CCNCC3)c2C)n1. The van der Waals surface area contributed by atoms with E-state index in [-0.39, 0.29) is 11.9 Å². The molecule has 124 valence electrons. The van der Waals surface area contributed by atoms with Gasteiger partial charge in [-0.2, -0.15) is 0 Å². The summed E-state index contributed by atoms with van der Waals surface area (Å²) in [7, 11) is 0. The largest absolute Gasteiger partial charge is 0.342 e. The van der Waals surface area contributed by atoms with Gasteiger partial charge in [-0.1, -0.05) is 5.21 Å². The Morgan fingerprint density at radius 3 is 2.83 bits per heavy atom. The summed E-state index contributed by atoms with van der Waals surface area (Å²) in [6, 6.07) is 0.189. The third-order valence-electron chi connectivity index (χ3n) is 4.15. The maximum Gasteiger partial charge on any atom is 0.274 e. The molecule has 1 saturated heterocycles. The van der Waals surface area contributed by atoms with Gasteiger partial charge in [0.15, 0.2) is 5.69 Å². The number of aromatic nitrogens is 4. The number of carbonyl (C=O) groups is 1. The molecule has 3 rings (SSSR count).